The van der Waals surface area contributed by atoms with E-state index >= 15 is 0 Å². The van der Waals surface area contributed by atoms with Crippen molar-refractivity contribution in [2.45, 2.75) is 20.5 Å². The first-order valence-corrected chi connectivity index (χ1v) is 9.88. The molecule has 1 aromatic heterocycles. The van der Waals surface area contributed by atoms with Crippen LogP contribution in [0.15, 0.2) is 48.5 Å². The summed E-state index contributed by atoms with van der Waals surface area (Å²) < 4.78 is 17.8. The monoisotopic (exact) mass is 397 g/mol. The van der Waals surface area contributed by atoms with Gasteiger partial charge in [0.1, 0.15) is 11.6 Å². The van der Waals surface area contributed by atoms with Crippen molar-refractivity contribution in [1.29, 1.82) is 0 Å². The fourth-order valence-corrected chi connectivity index (χ4v) is 4.00. The van der Waals surface area contributed by atoms with E-state index in [2.05, 4.69) is 40.0 Å². The van der Waals surface area contributed by atoms with Gasteiger partial charge in [-0.05, 0) is 68.0 Å². The minimum Gasteiger partial charge on any atom is -0.369 e. The second-order valence-corrected chi connectivity index (χ2v) is 7.59. The fraction of sp³-hybridized carbons (Fsp3) is 0.333. The normalized spacial score (nSPS) is 15.2. The van der Waals surface area contributed by atoms with Gasteiger partial charge in [0.25, 0.3) is 0 Å². The van der Waals surface area contributed by atoms with Crippen LogP contribution >= 0.6 is 12.2 Å². The van der Waals surface area contributed by atoms with Gasteiger partial charge in [0.05, 0.1) is 6.67 Å². The molecule has 3 aromatic rings. The number of aryl methyl sites for hydroxylation is 2. The molecule has 0 aliphatic carbocycles. The van der Waals surface area contributed by atoms with Crippen molar-refractivity contribution in [1.82, 2.24) is 19.2 Å². The predicted molar refractivity (Wildman–Crippen MR) is 112 cm³/mol. The van der Waals surface area contributed by atoms with Crippen molar-refractivity contribution < 1.29 is 4.39 Å². The minimum absolute atomic E-state index is 0.198. The zero-order valence-electron chi connectivity index (χ0n) is 16.2. The first-order chi connectivity index (χ1) is 13.5. The maximum Gasteiger partial charge on any atom is 0.203 e. The highest BCUT2D eigenvalue weighted by atomic mass is 32.1. The van der Waals surface area contributed by atoms with Crippen LogP contribution in [0.5, 0.6) is 0 Å². The van der Waals surface area contributed by atoms with Crippen LogP contribution in [0.1, 0.15) is 11.4 Å². The van der Waals surface area contributed by atoms with Crippen LogP contribution in [0, 0.1) is 24.4 Å². The zero-order chi connectivity index (χ0) is 19.7. The van der Waals surface area contributed by atoms with E-state index in [1.807, 2.05) is 34.4 Å². The number of rotatable bonds is 4. The summed E-state index contributed by atoms with van der Waals surface area (Å²) in [7, 11) is 0. The van der Waals surface area contributed by atoms with E-state index < -0.39 is 0 Å². The van der Waals surface area contributed by atoms with Crippen molar-refractivity contribution in [2.75, 3.05) is 31.1 Å². The molecular weight excluding hydrogens is 373 g/mol. The average molecular weight is 398 g/mol. The molecule has 1 fully saturated rings. The predicted octanol–water partition coefficient (Wildman–Crippen LogP) is 3.94. The Morgan fingerprint density at radius 2 is 1.68 bits per heavy atom. The first kappa shape index (κ1) is 18.8. The van der Waals surface area contributed by atoms with E-state index in [1.165, 1.54) is 17.7 Å². The number of anilines is 1. The Hall–Kier alpha value is -2.51. The van der Waals surface area contributed by atoms with E-state index in [9.17, 15) is 4.39 Å². The lowest BCUT2D eigenvalue weighted by Crippen LogP contribution is -2.47. The lowest BCUT2D eigenvalue weighted by molar-refractivity contribution is 0.194. The third-order valence-corrected chi connectivity index (χ3v) is 5.55. The topological polar surface area (TPSA) is 29.2 Å². The standard InChI is InChI=1S/C21H24FN5S/c1-16-4-3-5-20(14-16)27-17(2)23-26(21(27)28)15-24-10-12-25(13-11-24)19-8-6-18(22)7-9-19/h3-9,14H,10-13,15H2,1-2H3. The Morgan fingerprint density at radius 1 is 0.964 bits per heavy atom. The van der Waals surface area contributed by atoms with Crippen molar-refractivity contribution >= 4 is 17.9 Å². The zero-order valence-corrected chi connectivity index (χ0v) is 17.0. The molecule has 28 heavy (non-hydrogen) atoms. The molecule has 1 aliphatic rings. The Morgan fingerprint density at radius 3 is 2.36 bits per heavy atom. The molecule has 0 unspecified atom stereocenters. The summed E-state index contributed by atoms with van der Waals surface area (Å²) in [5.74, 6) is 0.692. The third kappa shape index (κ3) is 3.86. The van der Waals surface area contributed by atoms with Crippen LogP contribution in [0.3, 0.4) is 0 Å². The van der Waals surface area contributed by atoms with Gasteiger partial charge in [-0.3, -0.25) is 9.47 Å². The van der Waals surface area contributed by atoms with E-state index in [4.69, 9.17) is 12.2 Å². The van der Waals surface area contributed by atoms with Crippen LogP contribution in [0.2, 0.25) is 0 Å². The maximum atomic E-state index is 13.1. The van der Waals surface area contributed by atoms with Gasteiger partial charge in [0.2, 0.25) is 4.77 Å². The SMILES string of the molecule is Cc1cccc(-n2c(C)nn(CN3CCN(c4ccc(F)cc4)CC3)c2=S)c1. The van der Waals surface area contributed by atoms with Crippen LogP contribution < -0.4 is 4.90 Å². The van der Waals surface area contributed by atoms with Crippen molar-refractivity contribution in [3.05, 3.63) is 70.5 Å². The van der Waals surface area contributed by atoms with E-state index in [-0.39, 0.29) is 5.82 Å². The quantitative estimate of drug-likeness (QED) is 0.624. The van der Waals surface area contributed by atoms with Crippen molar-refractivity contribution in [3.8, 4) is 5.69 Å². The summed E-state index contributed by atoms with van der Waals surface area (Å²) in [6.07, 6.45) is 0. The average Bonchev–Trinajstić information content (AvgIpc) is 2.96. The van der Waals surface area contributed by atoms with Crippen LogP contribution in [-0.4, -0.2) is 45.4 Å². The maximum absolute atomic E-state index is 13.1. The molecule has 0 bridgehead atoms. The molecule has 0 N–H and O–H groups in total. The highest BCUT2D eigenvalue weighted by Crippen LogP contribution is 2.18. The van der Waals surface area contributed by atoms with Crippen LogP contribution in [0.25, 0.3) is 5.69 Å². The van der Waals surface area contributed by atoms with Gasteiger partial charge >= 0.3 is 0 Å². The number of nitrogens with zero attached hydrogens (tertiary/aromatic N) is 5. The highest BCUT2D eigenvalue weighted by Gasteiger charge is 2.19. The first-order valence-electron chi connectivity index (χ1n) is 9.47. The molecule has 2 heterocycles. The number of halogens is 1. The summed E-state index contributed by atoms with van der Waals surface area (Å²) in [4.78, 5) is 4.63. The lowest BCUT2D eigenvalue weighted by atomic mass is 10.2. The number of hydrogen-bond acceptors (Lipinski definition) is 4. The van der Waals surface area contributed by atoms with Gasteiger partial charge in [-0.15, -0.1) is 0 Å². The smallest absolute Gasteiger partial charge is 0.203 e. The Kier molecular flexibility index (Phi) is 5.28. The number of piperazine rings is 1. The van der Waals surface area contributed by atoms with Crippen molar-refractivity contribution in [3.63, 3.8) is 0 Å². The van der Waals surface area contributed by atoms with E-state index in [1.54, 1.807) is 0 Å². The summed E-state index contributed by atoms with van der Waals surface area (Å²) >= 11 is 5.71. The molecule has 7 heteroatoms. The Bertz CT molecular complexity index is 1020. The summed E-state index contributed by atoms with van der Waals surface area (Å²) in [6.45, 7) is 8.36. The van der Waals surface area contributed by atoms with Gasteiger partial charge in [0.15, 0.2) is 0 Å². The second-order valence-electron chi connectivity index (χ2n) is 7.23. The highest BCUT2D eigenvalue weighted by molar-refractivity contribution is 7.71. The summed E-state index contributed by atoms with van der Waals surface area (Å²) in [6, 6.07) is 15.0. The van der Waals surface area contributed by atoms with Crippen molar-refractivity contribution in [2.24, 2.45) is 0 Å². The molecule has 2 aromatic carbocycles. The molecule has 0 radical (unpaired) electrons. The Labute approximate surface area is 169 Å². The minimum atomic E-state index is -0.198. The lowest BCUT2D eigenvalue weighted by Gasteiger charge is -2.35. The van der Waals surface area contributed by atoms with E-state index in [0.717, 1.165) is 43.4 Å². The van der Waals surface area contributed by atoms with E-state index in [0.29, 0.717) is 11.4 Å². The molecule has 5 nitrogen and oxygen atoms in total. The molecule has 4 rings (SSSR count). The van der Waals surface area contributed by atoms with Gasteiger partial charge in [0, 0.05) is 37.6 Å². The number of aromatic nitrogens is 3. The summed E-state index contributed by atoms with van der Waals surface area (Å²) in [5.41, 5.74) is 3.32. The molecular formula is C21H24FN5S. The van der Waals surface area contributed by atoms with Gasteiger partial charge in [-0.25, -0.2) is 9.07 Å². The molecule has 146 valence electrons. The third-order valence-electron chi connectivity index (χ3n) is 5.16. The van der Waals surface area contributed by atoms with Gasteiger partial charge < -0.3 is 4.90 Å². The molecule has 0 saturated carbocycles. The molecule has 1 aliphatic heterocycles. The number of hydrogen-bond donors (Lipinski definition) is 0. The van der Waals surface area contributed by atoms with Crippen LogP contribution in [-0.2, 0) is 6.67 Å². The largest absolute Gasteiger partial charge is 0.369 e. The molecule has 1 saturated heterocycles. The Balaban J connectivity index is 1.45. The molecule has 0 spiro atoms. The van der Waals surface area contributed by atoms with Gasteiger partial charge in [-0.1, -0.05) is 12.1 Å². The number of benzene rings is 2. The molecule has 0 atom stereocenters. The van der Waals surface area contributed by atoms with Crippen LogP contribution in [0.4, 0.5) is 10.1 Å². The second kappa shape index (κ2) is 7.85. The van der Waals surface area contributed by atoms with Gasteiger partial charge in [-0.2, -0.15) is 5.10 Å². The molecule has 0 amide bonds. The fourth-order valence-electron chi connectivity index (χ4n) is 3.66. The summed E-state index contributed by atoms with van der Waals surface area (Å²) in [5, 5.41) is 4.68.